The molecule has 0 radical (unpaired) electrons. The normalized spacial score (nSPS) is 11.4. The van der Waals surface area contributed by atoms with E-state index in [2.05, 4.69) is 5.32 Å². The fourth-order valence-corrected chi connectivity index (χ4v) is 2.07. The van der Waals surface area contributed by atoms with Gasteiger partial charge in [0, 0.05) is 6.54 Å². The second-order valence-corrected chi connectivity index (χ2v) is 5.25. The molecule has 0 heterocycles. The third-order valence-electron chi connectivity index (χ3n) is 3.35. The summed E-state index contributed by atoms with van der Waals surface area (Å²) >= 11 is 0. The maximum Gasteiger partial charge on any atom is 0.236 e. The molecule has 1 atom stereocenters. The molecule has 124 valence electrons. The van der Waals surface area contributed by atoms with Crippen LogP contribution < -0.4 is 11.1 Å². The summed E-state index contributed by atoms with van der Waals surface area (Å²) in [4.78, 5) is 11.6. The Morgan fingerprint density at radius 2 is 1.65 bits per heavy atom. The second kappa shape index (κ2) is 10.0. The predicted molar refractivity (Wildman–Crippen MR) is 94.1 cm³/mol. The smallest absolute Gasteiger partial charge is 0.236 e. The molecular weight excluding hydrogens is 312 g/mol. The molecule has 0 aromatic heterocycles. The summed E-state index contributed by atoms with van der Waals surface area (Å²) in [5.41, 5.74) is 8.81. The van der Waals surface area contributed by atoms with E-state index in [1.807, 2.05) is 54.6 Å². The molecule has 0 saturated carbocycles. The standard InChI is InChI=1S/C18H22N2O2.ClH/c1-14(19)18(21)20-11-16-9-5-6-10-17(16)13-22-12-15-7-3-2-4-8-15;/h2-10,14H,11-13,19H2,1H3,(H,20,21);1H. The lowest BCUT2D eigenvalue weighted by Crippen LogP contribution is -2.37. The van der Waals surface area contributed by atoms with Crippen LogP contribution in [0.2, 0.25) is 0 Å². The average Bonchev–Trinajstić information content (AvgIpc) is 2.54. The number of ether oxygens (including phenoxy) is 1. The molecule has 2 aromatic carbocycles. The van der Waals surface area contributed by atoms with Crippen LogP contribution in [0.25, 0.3) is 0 Å². The lowest BCUT2D eigenvalue weighted by Gasteiger charge is -2.12. The number of carbonyl (C=O) groups excluding carboxylic acids is 1. The van der Waals surface area contributed by atoms with E-state index >= 15 is 0 Å². The van der Waals surface area contributed by atoms with Crippen LogP contribution in [0.15, 0.2) is 54.6 Å². The Hall–Kier alpha value is -1.88. The highest BCUT2D eigenvalue weighted by Gasteiger charge is 2.08. The Balaban J connectivity index is 0.00000264. The molecular formula is C18H23ClN2O2. The van der Waals surface area contributed by atoms with Crippen LogP contribution in [0.5, 0.6) is 0 Å². The van der Waals surface area contributed by atoms with Gasteiger partial charge in [-0.25, -0.2) is 0 Å². The number of carbonyl (C=O) groups is 1. The van der Waals surface area contributed by atoms with Crippen molar-refractivity contribution in [2.24, 2.45) is 5.73 Å². The number of rotatable bonds is 7. The maximum absolute atomic E-state index is 11.6. The van der Waals surface area contributed by atoms with Gasteiger partial charge in [0.15, 0.2) is 0 Å². The van der Waals surface area contributed by atoms with Gasteiger partial charge in [-0.2, -0.15) is 0 Å². The topological polar surface area (TPSA) is 64.4 Å². The first-order chi connectivity index (χ1) is 10.7. The van der Waals surface area contributed by atoms with Gasteiger partial charge in [0.2, 0.25) is 5.91 Å². The van der Waals surface area contributed by atoms with Crippen LogP contribution in [0.1, 0.15) is 23.6 Å². The molecule has 0 saturated heterocycles. The molecule has 23 heavy (non-hydrogen) atoms. The van der Waals surface area contributed by atoms with E-state index in [1.54, 1.807) is 6.92 Å². The zero-order valence-corrected chi connectivity index (χ0v) is 14.0. The summed E-state index contributed by atoms with van der Waals surface area (Å²) in [6, 6.07) is 17.5. The SMILES string of the molecule is CC(N)C(=O)NCc1ccccc1COCc1ccccc1.Cl. The van der Waals surface area contributed by atoms with Gasteiger partial charge < -0.3 is 15.8 Å². The van der Waals surface area contributed by atoms with Crippen molar-refractivity contribution in [2.75, 3.05) is 0 Å². The summed E-state index contributed by atoms with van der Waals surface area (Å²) in [7, 11) is 0. The van der Waals surface area contributed by atoms with Crippen molar-refractivity contribution in [3.8, 4) is 0 Å². The number of nitrogens with one attached hydrogen (secondary N) is 1. The van der Waals surface area contributed by atoms with E-state index < -0.39 is 6.04 Å². The molecule has 0 aliphatic rings. The number of halogens is 1. The second-order valence-electron chi connectivity index (χ2n) is 5.25. The predicted octanol–water partition coefficient (Wildman–Crippen LogP) is 2.79. The molecule has 3 N–H and O–H groups in total. The van der Waals surface area contributed by atoms with E-state index in [9.17, 15) is 4.79 Å². The van der Waals surface area contributed by atoms with E-state index in [1.165, 1.54) is 0 Å². The molecule has 0 aliphatic heterocycles. The summed E-state index contributed by atoms with van der Waals surface area (Å²) in [5, 5.41) is 2.83. The largest absolute Gasteiger partial charge is 0.372 e. The van der Waals surface area contributed by atoms with Crippen molar-refractivity contribution < 1.29 is 9.53 Å². The third-order valence-corrected chi connectivity index (χ3v) is 3.35. The van der Waals surface area contributed by atoms with Gasteiger partial charge in [-0.15, -0.1) is 12.4 Å². The number of hydrogen-bond donors (Lipinski definition) is 2. The van der Waals surface area contributed by atoms with Crippen molar-refractivity contribution >= 4 is 18.3 Å². The Morgan fingerprint density at radius 3 is 2.30 bits per heavy atom. The minimum absolute atomic E-state index is 0. The van der Waals surface area contributed by atoms with Crippen molar-refractivity contribution in [2.45, 2.75) is 32.7 Å². The molecule has 5 heteroatoms. The van der Waals surface area contributed by atoms with Crippen LogP contribution >= 0.6 is 12.4 Å². The van der Waals surface area contributed by atoms with Crippen LogP contribution in [0.4, 0.5) is 0 Å². The fraction of sp³-hybridized carbons (Fsp3) is 0.278. The number of hydrogen-bond acceptors (Lipinski definition) is 3. The van der Waals surface area contributed by atoms with Crippen molar-refractivity contribution in [3.05, 3.63) is 71.3 Å². The molecule has 0 bridgehead atoms. The van der Waals surface area contributed by atoms with Gasteiger partial charge in [-0.1, -0.05) is 54.6 Å². The van der Waals surface area contributed by atoms with E-state index in [0.29, 0.717) is 19.8 Å². The fourth-order valence-electron chi connectivity index (χ4n) is 2.07. The Morgan fingerprint density at radius 1 is 1.04 bits per heavy atom. The van der Waals surface area contributed by atoms with Gasteiger partial charge in [-0.3, -0.25) is 4.79 Å². The molecule has 1 unspecified atom stereocenters. The zero-order chi connectivity index (χ0) is 15.8. The van der Waals surface area contributed by atoms with Crippen LogP contribution in [-0.4, -0.2) is 11.9 Å². The third kappa shape index (κ3) is 6.40. The van der Waals surface area contributed by atoms with Gasteiger partial charge >= 0.3 is 0 Å². The summed E-state index contributed by atoms with van der Waals surface area (Å²) in [6.45, 7) is 3.22. The number of nitrogens with two attached hydrogens (primary N) is 1. The molecule has 4 nitrogen and oxygen atoms in total. The van der Waals surface area contributed by atoms with Crippen molar-refractivity contribution in [1.82, 2.24) is 5.32 Å². The highest BCUT2D eigenvalue weighted by molar-refractivity contribution is 5.85. The Kier molecular flexibility index (Phi) is 8.33. The lowest BCUT2D eigenvalue weighted by molar-refractivity contribution is -0.122. The number of benzene rings is 2. The molecule has 0 fully saturated rings. The minimum atomic E-state index is -0.499. The van der Waals surface area contributed by atoms with E-state index in [0.717, 1.165) is 16.7 Å². The van der Waals surface area contributed by atoms with Crippen LogP contribution in [-0.2, 0) is 29.3 Å². The molecule has 0 spiro atoms. The van der Waals surface area contributed by atoms with Gasteiger partial charge in [0.25, 0.3) is 0 Å². The minimum Gasteiger partial charge on any atom is -0.372 e. The van der Waals surface area contributed by atoms with Crippen molar-refractivity contribution in [3.63, 3.8) is 0 Å². The zero-order valence-electron chi connectivity index (χ0n) is 13.2. The van der Waals surface area contributed by atoms with Crippen LogP contribution in [0.3, 0.4) is 0 Å². The highest BCUT2D eigenvalue weighted by atomic mass is 35.5. The quantitative estimate of drug-likeness (QED) is 0.818. The first-order valence-electron chi connectivity index (χ1n) is 7.38. The first-order valence-corrected chi connectivity index (χ1v) is 7.38. The molecule has 1 amide bonds. The summed E-state index contributed by atoms with van der Waals surface area (Å²) < 4.78 is 5.76. The first kappa shape index (κ1) is 19.2. The van der Waals surface area contributed by atoms with Crippen molar-refractivity contribution in [1.29, 1.82) is 0 Å². The summed E-state index contributed by atoms with van der Waals surface area (Å²) in [6.07, 6.45) is 0. The Bertz CT molecular complexity index is 603. The molecule has 0 aliphatic carbocycles. The van der Waals surface area contributed by atoms with Crippen LogP contribution in [0, 0.1) is 0 Å². The van der Waals surface area contributed by atoms with Gasteiger partial charge in [0.1, 0.15) is 0 Å². The average molecular weight is 335 g/mol. The summed E-state index contributed by atoms with van der Waals surface area (Å²) in [5.74, 6) is -0.153. The van der Waals surface area contributed by atoms with E-state index in [4.69, 9.17) is 10.5 Å². The number of amides is 1. The lowest BCUT2D eigenvalue weighted by atomic mass is 10.1. The molecule has 2 aromatic rings. The maximum atomic E-state index is 11.6. The molecule has 2 rings (SSSR count). The Labute approximate surface area is 143 Å². The van der Waals surface area contributed by atoms with Gasteiger partial charge in [0.05, 0.1) is 19.3 Å². The van der Waals surface area contributed by atoms with E-state index in [-0.39, 0.29) is 18.3 Å². The van der Waals surface area contributed by atoms with Gasteiger partial charge in [-0.05, 0) is 23.6 Å². The highest BCUT2D eigenvalue weighted by Crippen LogP contribution is 2.11. The monoisotopic (exact) mass is 334 g/mol.